The summed E-state index contributed by atoms with van der Waals surface area (Å²) in [7, 11) is 1.50. The van der Waals surface area contributed by atoms with Crippen LogP contribution in [-0.4, -0.2) is 18.9 Å². The van der Waals surface area contributed by atoms with Crippen molar-refractivity contribution < 1.29 is 14.3 Å². The van der Waals surface area contributed by atoms with Crippen molar-refractivity contribution in [1.29, 1.82) is 0 Å². The first-order chi connectivity index (χ1) is 9.89. The topological polar surface area (TPSA) is 43.4 Å². The van der Waals surface area contributed by atoms with E-state index in [0.717, 1.165) is 38.5 Å². The lowest BCUT2D eigenvalue weighted by Gasteiger charge is -2.57. The predicted molar refractivity (Wildman–Crippen MR) is 80.6 cm³/mol. The molecule has 0 aromatic carbocycles. The Kier molecular flexibility index (Phi) is 3.66. The molecule has 3 aliphatic rings. The van der Waals surface area contributed by atoms with Gasteiger partial charge in [0.25, 0.3) is 0 Å². The quantitative estimate of drug-likeness (QED) is 0.691. The van der Waals surface area contributed by atoms with E-state index in [4.69, 9.17) is 4.74 Å². The Morgan fingerprint density at radius 3 is 2.67 bits per heavy atom. The molecule has 0 saturated heterocycles. The fourth-order valence-electron chi connectivity index (χ4n) is 5.69. The van der Waals surface area contributed by atoms with Gasteiger partial charge in [-0.3, -0.25) is 9.59 Å². The number of hydrogen-bond donors (Lipinski definition) is 0. The van der Waals surface area contributed by atoms with E-state index in [2.05, 4.69) is 13.8 Å². The van der Waals surface area contributed by atoms with Crippen LogP contribution in [0.25, 0.3) is 0 Å². The molecule has 3 saturated carbocycles. The van der Waals surface area contributed by atoms with Crippen LogP contribution < -0.4 is 0 Å². The highest BCUT2D eigenvalue weighted by Gasteiger charge is 2.54. The van der Waals surface area contributed by atoms with Gasteiger partial charge in [0.15, 0.2) is 0 Å². The largest absolute Gasteiger partial charge is 0.469 e. The van der Waals surface area contributed by atoms with Gasteiger partial charge in [-0.05, 0) is 68.6 Å². The fourth-order valence-corrected chi connectivity index (χ4v) is 5.69. The highest BCUT2D eigenvalue weighted by Crippen LogP contribution is 2.60. The number of carbonyl (C=O) groups excluding carboxylic acids is 2. The third-order valence-corrected chi connectivity index (χ3v) is 7.05. The Morgan fingerprint density at radius 2 is 1.95 bits per heavy atom. The maximum atomic E-state index is 12.1. The van der Waals surface area contributed by atoms with Crippen molar-refractivity contribution in [1.82, 2.24) is 0 Å². The fraction of sp³-hybridized carbons (Fsp3) is 0.889. The summed E-state index contributed by atoms with van der Waals surface area (Å²) in [5.41, 5.74) is 0.0396. The van der Waals surface area contributed by atoms with Gasteiger partial charge in [0, 0.05) is 12.8 Å². The Morgan fingerprint density at radius 1 is 1.19 bits per heavy atom. The Balaban J connectivity index is 1.79. The van der Waals surface area contributed by atoms with Crippen LogP contribution in [0.5, 0.6) is 0 Å². The second-order valence-corrected chi connectivity index (χ2v) is 8.18. The van der Waals surface area contributed by atoms with Crippen molar-refractivity contribution in [3.05, 3.63) is 0 Å². The molecule has 21 heavy (non-hydrogen) atoms. The van der Waals surface area contributed by atoms with E-state index < -0.39 is 0 Å². The summed E-state index contributed by atoms with van der Waals surface area (Å²) in [6, 6.07) is 0. The summed E-state index contributed by atoms with van der Waals surface area (Å²) in [6.07, 6.45) is 8.02. The minimum atomic E-state index is -0.288. The molecular formula is C18H28O3. The van der Waals surface area contributed by atoms with Crippen LogP contribution >= 0.6 is 0 Å². The molecule has 3 fully saturated rings. The molecule has 3 rings (SSSR count). The number of carbonyl (C=O) groups is 2. The van der Waals surface area contributed by atoms with Crippen LogP contribution in [0.2, 0.25) is 0 Å². The second-order valence-electron chi connectivity index (χ2n) is 8.18. The number of esters is 1. The van der Waals surface area contributed by atoms with E-state index in [1.54, 1.807) is 0 Å². The summed E-state index contributed by atoms with van der Waals surface area (Å²) in [6.45, 7) is 4.50. The molecule has 0 amide bonds. The van der Waals surface area contributed by atoms with Gasteiger partial charge in [0.1, 0.15) is 5.78 Å². The van der Waals surface area contributed by atoms with E-state index in [1.807, 2.05) is 0 Å². The molecule has 0 bridgehead atoms. The van der Waals surface area contributed by atoms with Crippen LogP contribution in [0, 0.1) is 28.6 Å². The monoisotopic (exact) mass is 292 g/mol. The first-order valence-electron chi connectivity index (χ1n) is 8.49. The van der Waals surface area contributed by atoms with Gasteiger partial charge in [-0.15, -0.1) is 0 Å². The molecule has 0 radical (unpaired) electrons. The Labute approximate surface area is 127 Å². The van der Waals surface area contributed by atoms with Crippen LogP contribution in [0.1, 0.15) is 65.2 Å². The minimum absolute atomic E-state index is 0.0351. The van der Waals surface area contributed by atoms with Crippen LogP contribution in [0.4, 0.5) is 0 Å². The molecule has 0 unspecified atom stereocenters. The van der Waals surface area contributed by atoms with Gasteiger partial charge in [-0.1, -0.05) is 6.92 Å². The molecular weight excluding hydrogens is 264 g/mol. The summed E-state index contributed by atoms with van der Waals surface area (Å²) in [4.78, 5) is 23.9. The average Bonchev–Trinajstić information content (AvgIpc) is 2.47. The predicted octanol–water partition coefficient (Wildman–Crippen LogP) is 3.75. The van der Waals surface area contributed by atoms with Crippen LogP contribution in [-0.2, 0) is 14.3 Å². The molecule has 118 valence electrons. The SMILES string of the molecule is COC(=O)[C@@]1(C)CC[C@H]2[C@@H](CC[C@@H]3CC(=O)CC[C@@]32C)C1. The Bertz CT molecular complexity index is 457. The maximum absolute atomic E-state index is 12.1. The first-order valence-corrected chi connectivity index (χ1v) is 8.49. The molecule has 0 N–H and O–H groups in total. The molecule has 0 heterocycles. The van der Waals surface area contributed by atoms with Crippen molar-refractivity contribution in [2.75, 3.05) is 7.11 Å². The number of rotatable bonds is 1. The zero-order chi connectivity index (χ0) is 15.3. The first kappa shape index (κ1) is 15.1. The highest BCUT2D eigenvalue weighted by molar-refractivity contribution is 5.79. The van der Waals surface area contributed by atoms with Gasteiger partial charge in [0.2, 0.25) is 0 Å². The van der Waals surface area contributed by atoms with Crippen molar-refractivity contribution in [2.24, 2.45) is 28.6 Å². The summed E-state index contributed by atoms with van der Waals surface area (Å²) in [5, 5.41) is 0. The summed E-state index contributed by atoms with van der Waals surface area (Å²) in [5.74, 6) is 2.35. The number of ether oxygens (including phenoxy) is 1. The lowest BCUT2D eigenvalue weighted by Crippen LogP contribution is -2.51. The molecule has 5 atom stereocenters. The molecule has 0 spiro atoms. The van der Waals surface area contributed by atoms with E-state index >= 15 is 0 Å². The molecule has 0 aliphatic heterocycles. The number of methoxy groups -OCH3 is 1. The van der Waals surface area contributed by atoms with Crippen molar-refractivity contribution in [3.63, 3.8) is 0 Å². The van der Waals surface area contributed by atoms with Crippen molar-refractivity contribution in [2.45, 2.75) is 65.2 Å². The number of Topliss-reactive ketones (excluding diaryl/α,β-unsaturated/α-hetero) is 1. The number of ketones is 1. The normalized spacial score (nSPS) is 46.4. The zero-order valence-electron chi connectivity index (χ0n) is 13.6. The maximum Gasteiger partial charge on any atom is 0.311 e. The highest BCUT2D eigenvalue weighted by atomic mass is 16.5. The number of hydrogen-bond acceptors (Lipinski definition) is 3. The third-order valence-electron chi connectivity index (χ3n) is 7.05. The van der Waals surface area contributed by atoms with Gasteiger partial charge in [0.05, 0.1) is 12.5 Å². The smallest absolute Gasteiger partial charge is 0.311 e. The summed E-state index contributed by atoms with van der Waals surface area (Å²) >= 11 is 0. The number of fused-ring (bicyclic) bond motifs is 3. The molecule has 0 aromatic heterocycles. The minimum Gasteiger partial charge on any atom is -0.469 e. The van der Waals surface area contributed by atoms with Crippen LogP contribution in [0.15, 0.2) is 0 Å². The van der Waals surface area contributed by atoms with Crippen molar-refractivity contribution in [3.8, 4) is 0 Å². The van der Waals surface area contributed by atoms with Gasteiger partial charge in [-0.25, -0.2) is 0 Å². The van der Waals surface area contributed by atoms with Gasteiger partial charge >= 0.3 is 5.97 Å². The standard InChI is InChI=1S/C18H28O3/c1-17(16(20)21-3)8-7-15-12(11-17)4-5-13-10-14(19)6-9-18(13,15)2/h12-13,15H,4-11H2,1-3H3/t12-,13+,15-,17-,18-/m0/s1. The van der Waals surface area contributed by atoms with Gasteiger partial charge < -0.3 is 4.74 Å². The van der Waals surface area contributed by atoms with E-state index in [9.17, 15) is 9.59 Å². The molecule has 3 heteroatoms. The molecule has 0 aromatic rings. The average molecular weight is 292 g/mol. The summed E-state index contributed by atoms with van der Waals surface area (Å²) < 4.78 is 5.03. The van der Waals surface area contributed by atoms with E-state index in [1.165, 1.54) is 20.0 Å². The van der Waals surface area contributed by atoms with E-state index in [-0.39, 0.29) is 11.4 Å². The lowest BCUT2D eigenvalue weighted by molar-refractivity contribution is -0.160. The van der Waals surface area contributed by atoms with Gasteiger partial charge in [-0.2, -0.15) is 0 Å². The second kappa shape index (κ2) is 5.10. The van der Waals surface area contributed by atoms with Crippen molar-refractivity contribution >= 4 is 11.8 Å². The zero-order valence-corrected chi connectivity index (χ0v) is 13.6. The molecule has 3 nitrogen and oxygen atoms in total. The molecule has 3 aliphatic carbocycles. The Hall–Kier alpha value is -0.860. The third kappa shape index (κ3) is 2.33. The lowest BCUT2D eigenvalue weighted by atomic mass is 9.47. The van der Waals surface area contributed by atoms with E-state index in [0.29, 0.717) is 29.0 Å². The van der Waals surface area contributed by atoms with Crippen LogP contribution in [0.3, 0.4) is 0 Å².